The molecule has 220 valence electrons. The van der Waals surface area contributed by atoms with Crippen LogP contribution in [-0.4, -0.2) is 83.1 Å². The monoisotopic (exact) mass is 596 g/mol. The number of benzene rings is 3. The fourth-order valence-corrected chi connectivity index (χ4v) is 6.15. The Morgan fingerprint density at radius 2 is 1.67 bits per heavy atom. The third-order valence-electron chi connectivity index (χ3n) is 7.46. The lowest BCUT2D eigenvalue weighted by atomic mass is 10.1. The minimum absolute atomic E-state index is 0.0149. The number of amides is 3. The summed E-state index contributed by atoms with van der Waals surface area (Å²) in [5, 5.41) is 3.25. The predicted octanol–water partition coefficient (Wildman–Crippen LogP) is 4.15. The maximum Gasteiger partial charge on any atom is 0.259 e. The van der Waals surface area contributed by atoms with E-state index in [1.54, 1.807) is 12.1 Å². The van der Waals surface area contributed by atoms with Gasteiger partial charge in [-0.2, -0.15) is 0 Å². The van der Waals surface area contributed by atoms with Crippen LogP contribution in [0.25, 0.3) is 0 Å². The van der Waals surface area contributed by atoms with Crippen molar-refractivity contribution >= 4 is 57.5 Å². The molecule has 10 nitrogen and oxygen atoms in total. The van der Waals surface area contributed by atoms with E-state index in [4.69, 9.17) is 14.7 Å². The molecule has 0 unspecified atom stereocenters. The molecule has 0 bridgehead atoms. The standard InChI is InChI=1S/C32H32N6O4S/c1-2-42-27-15-9-8-14-25(27)33-28(39)21-43-32-35-24-13-7-6-12-23(24)30-34-26(31(41)38(30)32)20-29(40)37-18-16-36(17-19-37)22-10-4-3-5-11-22/h3-15,26H,2,16-21H2,1H3,(H,33,39)/t26-/m1/s1. The molecule has 3 amide bonds. The first-order valence-electron chi connectivity index (χ1n) is 14.3. The van der Waals surface area contributed by atoms with Gasteiger partial charge in [0.25, 0.3) is 5.91 Å². The normalized spacial score (nSPS) is 17.6. The Morgan fingerprint density at radius 1 is 0.953 bits per heavy atom. The van der Waals surface area contributed by atoms with Crippen LogP contribution in [0.1, 0.15) is 18.9 Å². The lowest BCUT2D eigenvalue weighted by Crippen LogP contribution is -2.49. The second-order valence-corrected chi connectivity index (χ2v) is 11.2. The molecule has 3 aromatic carbocycles. The molecule has 11 heteroatoms. The largest absolute Gasteiger partial charge is 0.492 e. The molecule has 3 aliphatic heterocycles. The predicted molar refractivity (Wildman–Crippen MR) is 169 cm³/mol. The quantitative estimate of drug-likeness (QED) is 0.419. The highest BCUT2D eigenvalue weighted by Crippen LogP contribution is 2.34. The summed E-state index contributed by atoms with van der Waals surface area (Å²) >= 11 is 1.16. The summed E-state index contributed by atoms with van der Waals surface area (Å²) in [6.07, 6.45) is -0.0149. The Kier molecular flexibility index (Phi) is 8.41. The van der Waals surface area contributed by atoms with Crippen LogP contribution in [0.5, 0.6) is 5.75 Å². The zero-order chi connectivity index (χ0) is 29.8. The molecule has 3 aromatic rings. The average Bonchev–Trinajstić information content (AvgIpc) is 3.37. The van der Waals surface area contributed by atoms with Crippen molar-refractivity contribution in [2.75, 3.05) is 48.8 Å². The molecule has 0 aromatic heterocycles. The number of para-hydroxylation sites is 4. The van der Waals surface area contributed by atoms with Crippen LogP contribution in [-0.2, 0) is 14.4 Å². The van der Waals surface area contributed by atoms with Crippen LogP contribution in [0.15, 0.2) is 88.8 Å². The fourth-order valence-electron chi connectivity index (χ4n) is 5.35. The number of fused-ring (bicyclic) bond motifs is 3. The van der Waals surface area contributed by atoms with Crippen LogP contribution in [0, 0.1) is 0 Å². The van der Waals surface area contributed by atoms with Crippen molar-refractivity contribution in [3.63, 3.8) is 0 Å². The van der Waals surface area contributed by atoms with Gasteiger partial charge in [-0.1, -0.05) is 54.2 Å². The number of carbonyl (C=O) groups is 3. The van der Waals surface area contributed by atoms with E-state index in [1.807, 2.05) is 66.4 Å². The Morgan fingerprint density at radius 3 is 2.47 bits per heavy atom. The zero-order valence-corrected chi connectivity index (χ0v) is 24.6. The van der Waals surface area contributed by atoms with Gasteiger partial charge in [-0.3, -0.25) is 19.4 Å². The minimum Gasteiger partial charge on any atom is -0.492 e. The van der Waals surface area contributed by atoms with Gasteiger partial charge in [0.2, 0.25) is 11.8 Å². The lowest BCUT2D eigenvalue weighted by molar-refractivity contribution is -0.135. The summed E-state index contributed by atoms with van der Waals surface area (Å²) in [5.41, 5.74) is 3.10. The minimum atomic E-state index is -0.849. The number of hydrogen-bond donors (Lipinski definition) is 1. The van der Waals surface area contributed by atoms with E-state index in [9.17, 15) is 14.4 Å². The number of thioether (sulfide) groups is 1. The van der Waals surface area contributed by atoms with E-state index in [-0.39, 0.29) is 29.9 Å². The Hall–Kier alpha value is -4.64. The van der Waals surface area contributed by atoms with Crippen molar-refractivity contribution in [1.29, 1.82) is 0 Å². The van der Waals surface area contributed by atoms with Crippen LogP contribution < -0.4 is 15.0 Å². The molecule has 3 aliphatic rings. The van der Waals surface area contributed by atoms with E-state index in [1.165, 1.54) is 4.90 Å². The van der Waals surface area contributed by atoms with Crippen LogP contribution >= 0.6 is 11.8 Å². The van der Waals surface area contributed by atoms with Gasteiger partial charge in [0.1, 0.15) is 17.6 Å². The summed E-state index contributed by atoms with van der Waals surface area (Å²) in [4.78, 5) is 54.9. The van der Waals surface area contributed by atoms with Crippen molar-refractivity contribution in [3.8, 4) is 5.75 Å². The van der Waals surface area contributed by atoms with E-state index < -0.39 is 6.04 Å². The Labute approximate surface area is 254 Å². The fraction of sp³-hybridized carbons (Fsp3) is 0.281. The van der Waals surface area contributed by atoms with Crippen molar-refractivity contribution in [3.05, 3.63) is 84.4 Å². The third-order valence-corrected chi connectivity index (χ3v) is 8.40. The molecule has 1 N–H and O–H groups in total. The van der Waals surface area contributed by atoms with Crippen LogP contribution in [0.4, 0.5) is 17.1 Å². The Balaban J connectivity index is 1.12. The number of ether oxygens (including phenoxy) is 1. The van der Waals surface area contributed by atoms with E-state index >= 15 is 0 Å². The van der Waals surface area contributed by atoms with E-state index in [2.05, 4.69) is 22.3 Å². The van der Waals surface area contributed by atoms with Crippen LogP contribution in [0.2, 0.25) is 0 Å². The number of hydrogen-bond acceptors (Lipinski definition) is 8. The third kappa shape index (κ3) is 6.12. The van der Waals surface area contributed by atoms with Gasteiger partial charge in [-0.05, 0) is 43.3 Å². The molecule has 3 heterocycles. The van der Waals surface area contributed by atoms with Gasteiger partial charge in [0.15, 0.2) is 5.17 Å². The highest BCUT2D eigenvalue weighted by Gasteiger charge is 2.42. The number of aliphatic imine (C=N–C) groups is 2. The van der Waals surface area contributed by atoms with Crippen molar-refractivity contribution in [2.24, 2.45) is 9.98 Å². The summed E-state index contributed by atoms with van der Waals surface area (Å²) in [6.45, 7) is 4.99. The summed E-state index contributed by atoms with van der Waals surface area (Å²) in [6, 6.07) is 24.0. The number of carbonyl (C=O) groups excluding carboxylic acids is 3. The highest BCUT2D eigenvalue weighted by molar-refractivity contribution is 8.14. The highest BCUT2D eigenvalue weighted by atomic mass is 32.2. The second kappa shape index (κ2) is 12.7. The van der Waals surface area contributed by atoms with Gasteiger partial charge >= 0.3 is 0 Å². The second-order valence-electron chi connectivity index (χ2n) is 10.2. The van der Waals surface area contributed by atoms with Crippen molar-refractivity contribution in [1.82, 2.24) is 9.80 Å². The maximum atomic E-state index is 13.7. The molecule has 0 saturated carbocycles. The molecule has 43 heavy (non-hydrogen) atoms. The molecule has 0 radical (unpaired) electrons. The lowest BCUT2D eigenvalue weighted by Gasteiger charge is -2.36. The van der Waals surface area contributed by atoms with Gasteiger partial charge in [-0.25, -0.2) is 9.89 Å². The maximum absolute atomic E-state index is 13.7. The molecule has 6 rings (SSSR count). The SMILES string of the molecule is CCOc1ccccc1NC(=O)CSC1=Nc2ccccc2C2=N[C@H](CC(=O)N3CCN(c4ccccc4)CC3)C(=O)N12. The summed E-state index contributed by atoms with van der Waals surface area (Å²) < 4.78 is 5.61. The first-order valence-corrected chi connectivity index (χ1v) is 15.3. The van der Waals surface area contributed by atoms with Gasteiger partial charge in [0.05, 0.1) is 30.2 Å². The van der Waals surface area contributed by atoms with Crippen molar-refractivity contribution < 1.29 is 19.1 Å². The first-order chi connectivity index (χ1) is 21.0. The number of nitrogens with one attached hydrogen (secondary N) is 1. The van der Waals surface area contributed by atoms with Gasteiger partial charge in [-0.15, -0.1) is 0 Å². The molecule has 1 saturated heterocycles. The van der Waals surface area contributed by atoms with Gasteiger partial charge < -0.3 is 19.9 Å². The number of nitrogens with zero attached hydrogens (tertiary/aromatic N) is 5. The van der Waals surface area contributed by atoms with E-state index in [0.717, 1.165) is 36.1 Å². The van der Waals surface area contributed by atoms with Crippen LogP contribution in [0.3, 0.4) is 0 Å². The number of amidine groups is 2. The topological polar surface area (TPSA) is 107 Å². The van der Waals surface area contributed by atoms with Crippen molar-refractivity contribution in [2.45, 2.75) is 19.4 Å². The summed E-state index contributed by atoms with van der Waals surface area (Å²) in [5.74, 6) is 0.409. The Bertz CT molecular complexity index is 1590. The average molecular weight is 597 g/mol. The van der Waals surface area contributed by atoms with E-state index in [0.29, 0.717) is 47.8 Å². The molecule has 0 aliphatic carbocycles. The first kappa shape index (κ1) is 28.5. The smallest absolute Gasteiger partial charge is 0.259 e. The number of piperazine rings is 1. The summed E-state index contributed by atoms with van der Waals surface area (Å²) in [7, 11) is 0. The number of anilines is 2. The molecular formula is C32H32N6O4S. The molecule has 1 fully saturated rings. The zero-order valence-electron chi connectivity index (χ0n) is 23.8. The van der Waals surface area contributed by atoms with Gasteiger partial charge in [0, 0.05) is 37.4 Å². The number of rotatable bonds is 8. The molecule has 0 spiro atoms. The molecule has 1 atom stereocenters. The molecular weight excluding hydrogens is 564 g/mol.